The van der Waals surface area contributed by atoms with Crippen molar-refractivity contribution in [3.63, 3.8) is 0 Å². The van der Waals surface area contributed by atoms with E-state index in [9.17, 15) is 9.18 Å². The fourth-order valence-electron chi connectivity index (χ4n) is 5.24. The van der Waals surface area contributed by atoms with Crippen molar-refractivity contribution in [3.8, 4) is 0 Å². The number of carbonyl (C=O) groups is 1. The molecule has 9 nitrogen and oxygen atoms in total. The van der Waals surface area contributed by atoms with Crippen molar-refractivity contribution in [1.29, 1.82) is 0 Å². The van der Waals surface area contributed by atoms with Crippen molar-refractivity contribution >= 4 is 57.9 Å². The van der Waals surface area contributed by atoms with Crippen LogP contribution in [-0.2, 0) is 9.53 Å². The molecule has 1 aromatic carbocycles. The average molecular weight is 550 g/mol. The van der Waals surface area contributed by atoms with Crippen molar-refractivity contribution in [2.45, 2.75) is 58.0 Å². The second-order valence-corrected chi connectivity index (χ2v) is 11.4. The number of primary amides is 1. The largest absolute Gasteiger partial charge is 0.381 e. The van der Waals surface area contributed by atoms with Crippen LogP contribution in [0.3, 0.4) is 0 Å². The van der Waals surface area contributed by atoms with Gasteiger partial charge in [0.15, 0.2) is 5.65 Å². The molecule has 5 rings (SSSR count). The molecule has 1 aliphatic carbocycles. The second kappa shape index (κ2) is 10.2. The predicted molar refractivity (Wildman–Crippen MR) is 142 cm³/mol. The Balaban J connectivity index is 1.53. The summed E-state index contributed by atoms with van der Waals surface area (Å²) in [7, 11) is 0. The summed E-state index contributed by atoms with van der Waals surface area (Å²) in [6.45, 7) is 5.62. The molecule has 198 valence electrons. The van der Waals surface area contributed by atoms with E-state index in [2.05, 4.69) is 34.4 Å². The molecule has 1 amide bonds. The molecule has 3 heterocycles. The first-order valence-corrected chi connectivity index (χ1v) is 13.2. The topological polar surface area (TPSA) is 120 Å². The normalized spacial score (nSPS) is 23.6. The van der Waals surface area contributed by atoms with Gasteiger partial charge in [0.1, 0.15) is 11.3 Å². The van der Waals surface area contributed by atoms with E-state index in [1.54, 1.807) is 6.20 Å². The highest BCUT2D eigenvalue weighted by molar-refractivity contribution is 6.36. The number of nitrogens with zero attached hydrogens (tertiary/aromatic N) is 4. The van der Waals surface area contributed by atoms with Gasteiger partial charge in [-0.25, -0.2) is 14.4 Å². The van der Waals surface area contributed by atoms with Gasteiger partial charge in [-0.3, -0.25) is 9.36 Å². The molecular formula is C25H30Cl2FN7O2. The zero-order valence-corrected chi connectivity index (χ0v) is 22.2. The smallest absolute Gasteiger partial charge is 0.225 e. The maximum Gasteiger partial charge on any atom is 0.225 e. The Bertz CT molecular complexity index is 1300. The summed E-state index contributed by atoms with van der Waals surface area (Å²) in [5, 5.41) is 6.87. The van der Waals surface area contributed by atoms with E-state index in [1.165, 1.54) is 12.1 Å². The van der Waals surface area contributed by atoms with Crippen molar-refractivity contribution in [2.75, 3.05) is 23.8 Å². The van der Waals surface area contributed by atoms with E-state index >= 15 is 0 Å². The van der Waals surface area contributed by atoms with Gasteiger partial charge in [0, 0.05) is 35.0 Å². The summed E-state index contributed by atoms with van der Waals surface area (Å²) in [6.07, 6.45) is 5.21. The fourth-order valence-corrected chi connectivity index (χ4v) is 5.75. The van der Waals surface area contributed by atoms with Gasteiger partial charge in [-0.2, -0.15) is 4.98 Å². The quantitative estimate of drug-likeness (QED) is 0.373. The lowest BCUT2D eigenvalue weighted by Gasteiger charge is -2.38. The highest BCUT2D eigenvalue weighted by atomic mass is 35.5. The van der Waals surface area contributed by atoms with Gasteiger partial charge in [0.05, 0.1) is 23.5 Å². The molecule has 37 heavy (non-hydrogen) atoms. The molecule has 0 bridgehead atoms. The summed E-state index contributed by atoms with van der Waals surface area (Å²) in [5.74, 6) is -0.160. The van der Waals surface area contributed by atoms with Crippen LogP contribution >= 0.6 is 23.2 Å². The van der Waals surface area contributed by atoms with Crippen molar-refractivity contribution in [1.82, 2.24) is 19.5 Å². The Labute approximate surface area is 224 Å². The van der Waals surface area contributed by atoms with E-state index in [-0.39, 0.29) is 45.1 Å². The lowest BCUT2D eigenvalue weighted by Crippen LogP contribution is -2.44. The number of hydrogen-bond donors (Lipinski definition) is 3. The SMILES string of the molecule is CC1(C)COCC[C@H]1Nc1ncc2nc(Nc3c(F)cc(Cl)cc3Cl)n([C@H]3CC[C@H](C(N)=O)CC3)c2n1. The number of anilines is 3. The third-order valence-electron chi connectivity index (χ3n) is 7.41. The number of imidazole rings is 1. The Morgan fingerprint density at radius 1 is 1.19 bits per heavy atom. The maximum atomic E-state index is 14.8. The highest BCUT2D eigenvalue weighted by Crippen LogP contribution is 2.39. The Morgan fingerprint density at radius 3 is 2.62 bits per heavy atom. The van der Waals surface area contributed by atoms with Gasteiger partial charge in [-0.15, -0.1) is 0 Å². The number of carbonyl (C=O) groups excluding carboxylic acids is 1. The van der Waals surface area contributed by atoms with Gasteiger partial charge >= 0.3 is 0 Å². The van der Waals surface area contributed by atoms with Crippen LogP contribution in [-0.4, -0.2) is 44.7 Å². The van der Waals surface area contributed by atoms with Crippen molar-refractivity contribution in [2.24, 2.45) is 17.1 Å². The summed E-state index contributed by atoms with van der Waals surface area (Å²) in [6, 6.07) is 2.77. The molecule has 2 fully saturated rings. The first-order chi connectivity index (χ1) is 17.6. The highest BCUT2D eigenvalue weighted by Gasteiger charge is 2.34. The van der Waals surface area contributed by atoms with Crippen LogP contribution in [0.25, 0.3) is 11.2 Å². The van der Waals surface area contributed by atoms with Gasteiger partial charge < -0.3 is 21.1 Å². The lowest BCUT2D eigenvalue weighted by molar-refractivity contribution is -0.122. The minimum Gasteiger partial charge on any atom is -0.381 e. The number of amides is 1. The van der Waals surface area contributed by atoms with Gasteiger partial charge in [0.25, 0.3) is 0 Å². The molecule has 1 saturated heterocycles. The summed E-state index contributed by atoms with van der Waals surface area (Å²) >= 11 is 12.3. The molecule has 12 heteroatoms. The Hall–Kier alpha value is -2.69. The van der Waals surface area contributed by atoms with Crippen molar-refractivity contribution in [3.05, 3.63) is 34.2 Å². The van der Waals surface area contributed by atoms with Crippen molar-refractivity contribution < 1.29 is 13.9 Å². The molecule has 0 unspecified atom stereocenters. The monoisotopic (exact) mass is 549 g/mol. The van der Waals surface area contributed by atoms with E-state index in [0.717, 1.165) is 6.42 Å². The molecular weight excluding hydrogens is 520 g/mol. The van der Waals surface area contributed by atoms with E-state index in [0.29, 0.717) is 62.0 Å². The zero-order valence-electron chi connectivity index (χ0n) is 20.7. The molecule has 1 aliphatic heterocycles. The molecule has 3 aromatic rings. The summed E-state index contributed by atoms with van der Waals surface area (Å²) in [5.41, 5.74) is 6.71. The van der Waals surface area contributed by atoms with Crippen LogP contribution in [0.4, 0.5) is 22.0 Å². The molecule has 4 N–H and O–H groups in total. The Kier molecular flexibility index (Phi) is 7.17. The summed E-state index contributed by atoms with van der Waals surface area (Å²) < 4.78 is 22.4. The number of ether oxygens (including phenoxy) is 1. The number of hydrogen-bond acceptors (Lipinski definition) is 7. The van der Waals surface area contributed by atoms with Crippen LogP contribution < -0.4 is 16.4 Å². The van der Waals surface area contributed by atoms with Gasteiger partial charge in [-0.1, -0.05) is 37.0 Å². The van der Waals surface area contributed by atoms with Crippen LogP contribution in [0.15, 0.2) is 18.3 Å². The number of nitrogens with one attached hydrogen (secondary N) is 2. The number of benzene rings is 1. The number of rotatable bonds is 6. The zero-order chi connectivity index (χ0) is 26.3. The first kappa shape index (κ1) is 25.9. The molecule has 2 aromatic heterocycles. The third-order valence-corrected chi connectivity index (χ3v) is 7.93. The molecule has 2 aliphatic rings. The van der Waals surface area contributed by atoms with Crippen LogP contribution in [0.5, 0.6) is 0 Å². The number of halogens is 3. The second-order valence-electron chi connectivity index (χ2n) is 10.5. The Morgan fingerprint density at radius 2 is 1.95 bits per heavy atom. The van der Waals surface area contributed by atoms with E-state index < -0.39 is 5.82 Å². The third kappa shape index (κ3) is 5.32. The van der Waals surface area contributed by atoms with E-state index in [4.69, 9.17) is 38.7 Å². The van der Waals surface area contributed by atoms with E-state index in [1.807, 2.05) is 4.57 Å². The van der Waals surface area contributed by atoms with Gasteiger partial charge in [-0.05, 0) is 44.2 Å². The van der Waals surface area contributed by atoms with Crippen LogP contribution in [0.2, 0.25) is 10.0 Å². The fraction of sp³-hybridized carbons (Fsp3) is 0.520. The molecule has 1 saturated carbocycles. The molecule has 1 atom stereocenters. The number of aromatic nitrogens is 4. The summed E-state index contributed by atoms with van der Waals surface area (Å²) in [4.78, 5) is 25.8. The minimum atomic E-state index is -0.594. The predicted octanol–water partition coefficient (Wildman–Crippen LogP) is 5.46. The molecule has 0 radical (unpaired) electrons. The lowest BCUT2D eigenvalue weighted by atomic mass is 9.82. The number of nitrogens with two attached hydrogens (primary N) is 1. The number of fused-ring (bicyclic) bond motifs is 1. The average Bonchev–Trinajstić information content (AvgIpc) is 3.20. The van der Waals surface area contributed by atoms with Gasteiger partial charge in [0.2, 0.25) is 17.8 Å². The standard InChI is InChI=1S/C25H30Cl2FN7O2/c1-25(2)12-37-8-7-19(25)32-23-30-11-18-22(34-23)35(15-5-3-13(4-6-15)21(29)36)24(31-18)33-20-16(27)9-14(26)10-17(20)28/h9-11,13,15,19H,3-8,12H2,1-2H3,(H2,29,36)(H,31,33)(H,30,32,34)/t13-,15-,19-/m1/s1. The molecule has 0 spiro atoms. The van der Waals surface area contributed by atoms with Crippen LogP contribution in [0.1, 0.15) is 52.0 Å². The maximum absolute atomic E-state index is 14.8. The van der Waals surface area contributed by atoms with Crippen LogP contribution in [0, 0.1) is 17.2 Å². The first-order valence-electron chi connectivity index (χ1n) is 12.4. The minimum absolute atomic E-state index is 0.0282.